The minimum absolute atomic E-state index is 0.168. The van der Waals surface area contributed by atoms with Crippen LogP contribution in [0.1, 0.15) is 5.82 Å². The van der Waals surface area contributed by atoms with E-state index in [9.17, 15) is 8.42 Å². The lowest BCUT2D eigenvalue weighted by Crippen LogP contribution is -2.29. The molecule has 1 aromatic carbocycles. The Labute approximate surface area is 123 Å². The summed E-state index contributed by atoms with van der Waals surface area (Å²) in [7, 11) is -1.75. The van der Waals surface area contributed by atoms with Gasteiger partial charge in [0.25, 0.3) is 0 Å². The van der Waals surface area contributed by atoms with Crippen LogP contribution in [0.15, 0.2) is 35.5 Å². The number of hydrogen-bond donors (Lipinski definition) is 2. The third-order valence-electron chi connectivity index (χ3n) is 2.74. The topological polar surface area (TPSA) is 112 Å². The second-order valence-electron chi connectivity index (χ2n) is 4.25. The van der Waals surface area contributed by atoms with Crippen LogP contribution in [-0.2, 0) is 23.7 Å². The van der Waals surface area contributed by atoms with Crippen molar-refractivity contribution in [1.29, 1.82) is 0 Å². The SMILES string of the molecule is Cn1ncnc1COc1ccc(S(=O)(=O)NCCN)cc1. The zero-order valence-corrected chi connectivity index (χ0v) is 12.4. The summed E-state index contributed by atoms with van der Waals surface area (Å²) in [5.74, 6) is 1.23. The normalized spacial score (nSPS) is 11.5. The van der Waals surface area contributed by atoms with Gasteiger partial charge in [0.1, 0.15) is 18.7 Å². The molecule has 0 fully saturated rings. The molecular weight excluding hydrogens is 294 g/mol. The smallest absolute Gasteiger partial charge is 0.240 e. The number of aromatic nitrogens is 3. The van der Waals surface area contributed by atoms with Crippen molar-refractivity contribution in [3.63, 3.8) is 0 Å². The molecule has 0 atom stereocenters. The Morgan fingerprint density at radius 2 is 2.05 bits per heavy atom. The van der Waals surface area contributed by atoms with E-state index in [0.717, 1.165) is 0 Å². The number of sulfonamides is 1. The maximum Gasteiger partial charge on any atom is 0.240 e. The summed E-state index contributed by atoms with van der Waals surface area (Å²) >= 11 is 0. The number of ether oxygens (including phenoxy) is 1. The van der Waals surface area contributed by atoms with Crippen molar-refractivity contribution < 1.29 is 13.2 Å². The molecule has 0 spiro atoms. The highest BCUT2D eigenvalue weighted by Gasteiger charge is 2.12. The molecule has 0 radical (unpaired) electrons. The lowest BCUT2D eigenvalue weighted by molar-refractivity contribution is 0.289. The molecule has 2 aromatic rings. The molecule has 0 aliphatic heterocycles. The van der Waals surface area contributed by atoms with Crippen LogP contribution in [-0.4, -0.2) is 36.3 Å². The van der Waals surface area contributed by atoms with Crippen LogP contribution in [0, 0.1) is 0 Å². The largest absolute Gasteiger partial charge is 0.486 e. The number of rotatable bonds is 7. The average molecular weight is 311 g/mol. The average Bonchev–Trinajstić information content (AvgIpc) is 2.89. The monoisotopic (exact) mass is 311 g/mol. The zero-order chi connectivity index (χ0) is 15.3. The first-order valence-electron chi connectivity index (χ1n) is 6.28. The molecule has 0 unspecified atom stereocenters. The first kappa shape index (κ1) is 15.4. The van der Waals surface area contributed by atoms with Gasteiger partial charge in [-0.3, -0.25) is 4.68 Å². The van der Waals surface area contributed by atoms with E-state index in [1.165, 1.54) is 18.5 Å². The van der Waals surface area contributed by atoms with Crippen LogP contribution in [0.3, 0.4) is 0 Å². The van der Waals surface area contributed by atoms with E-state index in [4.69, 9.17) is 10.5 Å². The molecule has 3 N–H and O–H groups in total. The highest BCUT2D eigenvalue weighted by atomic mass is 32.2. The van der Waals surface area contributed by atoms with E-state index in [1.807, 2.05) is 0 Å². The van der Waals surface area contributed by atoms with Gasteiger partial charge in [0.15, 0.2) is 5.82 Å². The standard InChI is InChI=1S/C12H17N5O3S/c1-17-12(14-9-15-17)8-20-10-2-4-11(5-3-10)21(18,19)16-7-6-13/h2-5,9,16H,6-8,13H2,1H3. The summed E-state index contributed by atoms with van der Waals surface area (Å²) in [6.45, 7) is 0.707. The number of nitrogens with one attached hydrogen (secondary N) is 1. The number of aryl methyl sites for hydroxylation is 1. The molecule has 0 amide bonds. The van der Waals surface area contributed by atoms with Gasteiger partial charge in [0, 0.05) is 20.1 Å². The molecule has 0 bridgehead atoms. The third-order valence-corrected chi connectivity index (χ3v) is 4.22. The van der Waals surface area contributed by atoms with Crippen LogP contribution in [0.2, 0.25) is 0 Å². The molecule has 8 nitrogen and oxygen atoms in total. The Morgan fingerprint density at radius 3 is 2.62 bits per heavy atom. The molecule has 0 saturated carbocycles. The van der Waals surface area contributed by atoms with Gasteiger partial charge in [-0.15, -0.1) is 0 Å². The summed E-state index contributed by atoms with van der Waals surface area (Å²) < 4.78 is 33.2. The molecule has 0 saturated heterocycles. The predicted octanol–water partition coefficient (Wildman–Crippen LogP) is -0.369. The second kappa shape index (κ2) is 6.66. The minimum Gasteiger partial charge on any atom is -0.486 e. The first-order valence-corrected chi connectivity index (χ1v) is 7.77. The highest BCUT2D eigenvalue weighted by molar-refractivity contribution is 7.89. The fourth-order valence-corrected chi connectivity index (χ4v) is 2.64. The fraction of sp³-hybridized carbons (Fsp3) is 0.333. The van der Waals surface area contributed by atoms with Crippen LogP contribution in [0.5, 0.6) is 5.75 Å². The quantitative estimate of drug-likeness (QED) is 0.721. The molecule has 0 aliphatic rings. The van der Waals surface area contributed by atoms with Gasteiger partial charge < -0.3 is 10.5 Å². The van der Waals surface area contributed by atoms with Gasteiger partial charge in [0.05, 0.1) is 4.90 Å². The number of nitrogens with two attached hydrogens (primary N) is 1. The molecular formula is C12H17N5O3S. The van der Waals surface area contributed by atoms with E-state index in [-0.39, 0.29) is 24.6 Å². The lowest BCUT2D eigenvalue weighted by atomic mass is 10.3. The van der Waals surface area contributed by atoms with Crippen molar-refractivity contribution in [1.82, 2.24) is 19.5 Å². The molecule has 2 rings (SSSR count). The second-order valence-corrected chi connectivity index (χ2v) is 6.01. The Balaban J connectivity index is 2.00. The Hall–Kier alpha value is -1.97. The van der Waals surface area contributed by atoms with E-state index >= 15 is 0 Å². The summed E-state index contributed by atoms with van der Waals surface area (Å²) in [5.41, 5.74) is 5.28. The van der Waals surface area contributed by atoms with Gasteiger partial charge in [-0.2, -0.15) is 5.10 Å². The van der Waals surface area contributed by atoms with E-state index in [1.54, 1.807) is 23.9 Å². The van der Waals surface area contributed by atoms with Crippen molar-refractivity contribution in [3.05, 3.63) is 36.4 Å². The van der Waals surface area contributed by atoms with E-state index in [2.05, 4.69) is 14.8 Å². The summed E-state index contributed by atoms with van der Waals surface area (Å²) in [5, 5.41) is 3.93. The molecule has 21 heavy (non-hydrogen) atoms. The van der Waals surface area contributed by atoms with Gasteiger partial charge in [-0.25, -0.2) is 18.1 Å². The number of hydrogen-bond acceptors (Lipinski definition) is 6. The molecule has 9 heteroatoms. The van der Waals surface area contributed by atoms with Gasteiger partial charge in [-0.1, -0.05) is 0 Å². The summed E-state index contributed by atoms with van der Waals surface area (Å²) in [4.78, 5) is 4.20. The van der Waals surface area contributed by atoms with Crippen LogP contribution in [0.25, 0.3) is 0 Å². The number of benzene rings is 1. The van der Waals surface area contributed by atoms with Gasteiger partial charge in [-0.05, 0) is 24.3 Å². The van der Waals surface area contributed by atoms with Crippen molar-refractivity contribution in [3.8, 4) is 5.75 Å². The van der Waals surface area contributed by atoms with E-state index < -0.39 is 10.0 Å². The minimum atomic E-state index is -3.52. The highest BCUT2D eigenvalue weighted by Crippen LogP contribution is 2.16. The maximum atomic E-state index is 11.9. The van der Waals surface area contributed by atoms with Crippen LogP contribution in [0.4, 0.5) is 0 Å². The van der Waals surface area contributed by atoms with Crippen LogP contribution >= 0.6 is 0 Å². The van der Waals surface area contributed by atoms with Crippen LogP contribution < -0.4 is 15.2 Å². The van der Waals surface area contributed by atoms with E-state index in [0.29, 0.717) is 11.6 Å². The van der Waals surface area contributed by atoms with Crippen molar-refractivity contribution in [2.75, 3.05) is 13.1 Å². The molecule has 0 aliphatic carbocycles. The Morgan fingerprint density at radius 1 is 1.33 bits per heavy atom. The molecule has 1 aromatic heterocycles. The lowest BCUT2D eigenvalue weighted by Gasteiger charge is -2.08. The predicted molar refractivity (Wildman–Crippen MR) is 76.0 cm³/mol. The van der Waals surface area contributed by atoms with Crippen molar-refractivity contribution >= 4 is 10.0 Å². The third kappa shape index (κ3) is 4.00. The fourth-order valence-electron chi connectivity index (χ4n) is 1.59. The van der Waals surface area contributed by atoms with Gasteiger partial charge >= 0.3 is 0 Å². The number of nitrogens with zero attached hydrogens (tertiary/aromatic N) is 3. The molecule has 114 valence electrons. The zero-order valence-electron chi connectivity index (χ0n) is 11.6. The Bertz CT molecular complexity index is 681. The van der Waals surface area contributed by atoms with Crippen molar-refractivity contribution in [2.24, 2.45) is 12.8 Å². The van der Waals surface area contributed by atoms with Crippen molar-refractivity contribution in [2.45, 2.75) is 11.5 Å². The van der Waals surface area contributed by atoms with Gasteiger partial charge in [0.2, 0.25) is 10.0 Å². The maximum absolute atomic E-state index is 11.9. The Kier molecular flexibility index (Phi) is 4.89. The molecule has 1 heterocycles. The summed E-state index contributed by atoms with van der Waals surface area (Å²) in [6, 6.07) is 6.14. The first-order chi connectivity index (χ1) is 10.0. The summed E-state index contributed by atoms with van der Waals surface area (Å²) in [6.07, 6.45) is 1.44.